The van der Waals surface area contributed by atoms with Crippen molar-refractivity contribution in [2.75, 3.05) is 51.4 Å². The fourth-order valence-electron chi connectivity index (χ4n) is 3.77. The average Bonchev–Trinajstić information content (AvgIpc) is 3.16. The molecule has 10 nitrogen and oxygen atoms in total. The number of morpholine rings is 1. The minimum absolute atomic E-state index is 0.190. The van der Waals surface area contributed by atoms with Gasteiger partial charge in [-0.25, -0.2) is 0 Å². The number of thioether (sulfide) groups is 1. The normalized spacial score (nSPS) is 16.6. The molecule has 0 aromatic heterocycles. The monoisotopic (exact) mass is 603 g/mol. The number of ether oxygens (including phenoxy) is 3. The number of hydrogen-bond donors (Lipinski definition) is 1. The van der Waals surface area contributed by atoms with Gasteiger partial charge in [0, 0.05) is 18.8 Å². The molecule has 2 aliphatic heterocycles. The molecule has 0 radical (unpaired) electrons. The van der Waals surface area contributed by atoms with E-state index in [0.29, 0.717) is 60.1 Å². The molecule has 38 heavy (non-hydrogen) atoms. The Morgan fingerprint density at radius 1 is 1.13 bits per heavy atom. The van der Waals surface area contributed by atoms with Crippen molar-refractivity contribution in [2.24, 2.45) is 0 Å². The average molecular weight is 604 g/mol. The summed E-state index contributed by atoms with van der Waals surface area (Å²) in [6.07, 6.45) is 1.56. The second-order valence-electron chi connectivity index (χ2n) is 8.23. The third-order valence-electron chi connectivity index (χ3n) is 5.57. The van der Waals surface area contributed by atoms with Gasteiger partial charge in [0.1, 0.15) is 6.54 Å². The predicted octanol–water partition coefficient (Wildman–Crippen LogP) is 3.76. The highest BCUT2D eigenvalue weighted by atomic mass is 79.9. The molecular weight excluding hydrogens is 578 g/mol. The van der Waals surface area contributed by atoms with E-state index in [0.717, 1.165) is 16.7 Å². The van der Waals surface area contributed by atoms with Crippen LogP contribution in [0.1, 0.15) is 12.5 Å². The first-order chi connectivity index (χ1) is 18.4. The minimum Gasteiger partial charge on any atom is -0.490 e. The molecule has 200 valence electrons. The van der Waals surface area contributed by atoms with Gasteiger partial charge in [-0.2, -0.15) is 0 Å². The maximum absolute atomic E-state index is 12.9. The van der Waals surface area contributed by atoms with E-state index in [1.54, 1.807) is 35.2 Å². The Morgan fingerprint density at radius 3 is 2.58 bits per heavy atom. The molecule has 0 unspecified atom stereocenters. The van der Waals surface area contributed by atoms with Gasteiger partial charge in [-0.05, 0) is 70.5 Å². The van der Waals surface area contributed by atoms with Crippen LogP contribution in [-0.4, -0.2) is 78.8 Å². The highest BCUT2D eigenvalue weighted by Crippen LogP contribution is 2.39. The highest BCUT2D eigenvalue weighted by molar-refractivity contribution is 9.10. The van der Waals surface area contributed by atoms with E-state index in [-0.39, 0.29) is 29.9 Å². The molecule has 4 rings (SSSR count). The van der Waals surface area contributed by atoms with E-state index >= 15 is 0 Å². The van der Waals surface area contributed by atoms with Crippen molar-refractivity contribution in [3.63, 3.8) is 0 Å². The van der Waals surface area contributed by atoms with Gasteiger partial charge in [-0.15, -0.1) is 0 Å². The Bertz CT molecular complexity index is 1250. The lowest BCUT2D eigenvalue weighted by Crippen LogP contribution is -2.46. The lowest BCUT2D eigenvalue weighted by Gasteiger charge is -2.28. The van der Waals surface area contributed by atoms with E-state index in [1.165, 1.54) is 0 Å². The molecule has 0 atom stereocenters. The number of imide groups is 1. The second kappa shape index (κ2) is 12.9. The summed E-state index contributed by atoms with van der Waals surface area (Å²) >= 11 is 4.23. The number of nitrogens with zero attached hydrogens (tertiary/aromatic N) is 2. The second-order valence-corrected chi connectivity index (χ2v) is 10.1. The topological polar surface area (TPSA) is 114 Å². The van der Waals surface area contributed by atoms with Gasteiger partial charge in [0.2, 0.25) is 5.91 Å². The maximum atomic E-state index is 12.9. The number of rotatable bonds is 9. The zero-order chi connectivity index (χ0) is 27.1. The molecule has 0 aliphatic carbocycles. The predicted molar refractivity (Wildman–Crippen MR) is 146 cm³/mol. The molecule has 1 N–H and O–H groups in total. The zero-order valence-electron chi connectivity index (χ0n) is 20.6. The Kier molecular flexibility index (Phi) is 9.43. The lowest BCUT2D eigenvalue weighted by atomic mass is 10.2. The summed E-state index contributed by atoms with van der Waals surface area (Å²) in [7, 11) is 0. The highest BCUT2D eigenvalue weighted by Gasteiger charge is 2.37. The van der Waals surface area contributed by atoms with E-state index in [4.69, 9.17) is 14.2 Å². The van der Waals surface area contributed by atoms with Gasteiger partial charge in [-0.3, -0.25) is 24.1 Å². The Labute approximate surface area is 232 Å². The van der Waals surface area contributed by atoms with Crippen molar-refractivity contribution in [2.45, 2.75) is 6.92 Å². The van der Waals surface area contributed by atoms with Crippen molar-refractivity contribution in [3.05, 3.63) is 57.4 Å². The number of para-hydroxylation sites is 1. The smallest absolute Gasteiger partial charge is 0.294 e. The van der Waals surface area contributed by atoms with Gasteiger partial charge >= 0.3 is 0 Å². The number of nitrogens with one attached hydrogen (secondary N) is 1. The third kappa shape index (κ3) is 6.94. The van der Waals surface area contributed by atoms with E-state index in [2.05, 4.69) is 21.2 Å². The molecule has 2 heterocycles. The van der Waals surface area contributed by atoms with Crippen LogP contribution in [0.15, 0.2) is 51.8 Å². The van der Waals surface area contributed by atoms with Crippen LogP contribution < -0.4 is 14.8 Å². The number of benzene rings is 2. The van der Waals surface area contributed by atoms with Crippen LogP contribution in [0.3, 0.4) is 0 Å². The summed E-state index contributed by atoms with van der Waals surface area (Å²) in [5.74, 6) is -0.474. The number of anilines is 1. The minimum atomic E-state index is -0.534. The fourth-order valence-corrected chi connectivity index (χ4v) is 5.18. The van der Waals surface area contributed by atoms with Crippen LogP contribution in [-0.2, 0) is 19.1 Å². The third-order valence-corrected chi connectivity index (χ3v) is 7.06. The molecule has 0 bridgehead atoms. The quantitative estimate of drug-likeness (QED) is 0.431. The molecule has 0 spiro atoms. The summed E-state index contributed by atoms with van der Waals surface area (Å²) in [4.78, 5) is 53.1. The summed E-state index contributed by atoms with van der Waals surface area (Å²) in [6, 6.07) is 12.4. The number of carbonyl (C=O) groups excluding carboxylic acids is 4. The van der Waals surface area contributed by atoms with Crippen molar-refractivity contribution >= 4 is 62.4 Å². The molecule has 2 aromatic rings. The Hall–Kier alpha value is -3.35. The van der Waals surface area contributed by atoms with Crippen molar-refractivity contribution in [3.8, 4) is 11.5 Å². The summed E-state index contributed by atoms with van der Waals surface area (Å²) in [5.41, 5.74) is 1.23. The number of carbonyl (C=O) groups is 4. The largest absolute Gasteiger partial charge is 0.490 e. The van der Waals surface area contributed by atoms with E-state index in [9.17, 15) is 19.2 Å². The van der Waals surface area contributed by atoms with E-state index in [1.807, 2.05) is 25.1 Å². The van der Waals surface area contributed by atoms with Crippen LogP contribution >= 0.6 is 27.7 Å². The number of amides is 4. The van der Waals surface area contributed by atoms with Crippen molar-refractivity contribution in [1.29, 1.82) is 0 Å². The van der Waals surface area contributed by atoms with Crippen LogP contribution in [0.25, 0.3) is 6.08 Å². The van der Waals surface area contributed by atoms with Crippen LogP contribution in [0.2, 0.25) is 0 Å². The molecule has 4 amide bonds. The zero-order valence-corrected chi connectivity index (χ0v) is 23.0. The molecule has 2 fully saturated rings. The number of hydrogen-bond acceptors (Lipinski definition) is 8. The number of halogens is 1. The maximum Gasteiger partial charge on any atom is 0.294 e. The van der Waals surface area contributed by atoms with E-state index < -0.39 is 11.1 Å². The molecular formula is C26H26BrN3O7S. The van der Waals surface area contributed by atoms with Gasteiger partial charge in [0.25, 0.3) is 17.1 Å². The Balaban J connectivity index is 1.45. The Morgan fingerprint density at radius 2 is 1.87 bits per heavy atom. The first-order valence-electron chi connectivity index (χ1n) is 11.9. The summed E-state index contributed by atoms with van der Waals surface area (Å²) in [5, 5.41) is 2.25. The lowest BCUT2D eigenvalue weighted by molar-refractivity contribution is -0.139. The first kappa shape index (κ1) is 27.7. The molecule has 0 saturated carbocycles. The van der Waals surface area contributed by atoms with Crippen LogP contribution in [0.4, 0.5) is 10.5 Å². The van der Waals surface area contributed by atoms with Gasteiger partial charge in [0.05, 0.1) is 29.2 Å². The van der Waals surface area contributed by atoms with Gasteiger partial charge < -0.3 is 24.4 Å². The van der Waals surface area contributed by atoms with Crippen LogP contribution in [0.5, 0.6) is 11.5 Å². The first-order valence-corrected chi connectivity index (χ1v) is 13.5. The molecule has 2 aromatic carbocycles. The SMILES string of the molecule is CCOc1cc(/C=C2\SC(=O)N(CC(=O)N3CCOCC3)C2=O)cc(Br)c1OCC(=O)Nc1ccccc1. The van der Waals surface area contributed by atoms with Crippen molar-refractivity contribution in [1.82, 2.24) is 9.80 Å². The molecule has 2 aliphatic rings. The van der Waals surface area contributed by atoms with Crippen molar-refractivity contribution < 1.29 is 33.4 Å². The standard InChI is InChI=1S/C26H26BrN3O7S/c1-2-36-20-13-17(12-19(27)24(20)37-16-22(31)28-18-6-4-3-5-7-18)14-21-25(33)30(26(34)38-21)15-23(32)29-8-10-35-11-9-29/h3-7,12-14H,2,8-11,15-16H2,1H3,(H,28,31)/b21-14-. The molecule has 2 saturated heterocycles. The summed E-state index contributed by atoms with van der Waals surface area (Å²) in [6.45, 7) is 3.32. The van der Waals surface area contributed by atoms with Crippen LogP contribution in [0, 0.1) is 0 Å². The molecule has 12 heteroatoms. The van der Waals surface area contributed by atoms with Gasteiger partial charge in [-0.1, -0.05) is 18.2 Å². The fraction of sp³-hybridized carbons (Fsp3) is 0.308. The van der Waals surface area contributed by atoms with Gasteiger partial charge in [0.15, 0.2) is 18.1 Å². The summed E-state index contributed by atoms with van der Waals surface area (Å²) < 4.78 is 17.2.